The van der Waals surface area contributed by atoms with Crippen molar-refractivity contribution in [3.8, 4) is 0 Å². The van der Waals surface area contributed by atoms with E-state index in [4.69, 9.17) is 5.11 Å². The lowest BCUT2D eigenvalue weighted by Gasteiger charge is -2.18. The van der Waals surface area contributed by atoms with Gasteiger partial charge in [0.2, 0.25) is 0 Å². The summed E-state index contributed by atoms with van der Waals surface area (Å²) in [5.41, 5.74) is 0.877. The van der Waals surface area contributed by atoms with E-state index in [1.54, 1.807) is 43.6 Å². The Morgan fingerprint density at radius 1 is 1.17 bits per heavy atom. The smallest absolute Gasteiger partial charge is 0.337 e. The fourth-order valence-corrected chi connectivity index (χ4v) is 1.70. The maximum atomic E-state index is 12.1. The molecule has 1 aromatic carbocycles. The molecule has 1 heterocycles. The van der Waals surface area contributed by atoms with E-state index in [2.05, 4.69) is 4.98 Å². The number of aromatic nitrogens is 1. The molecule has 0 unspecified atom stereocenters. The molecule has 2 aromatic rings. The summed E-state index contributed by atoms with van der Waals surface area (Å²) in [5, 5.41) is 9.08. The number of benzene rings is 1. The average Bonchev–Trinajstić information content (AvgIpc) is 2.90. The second-order valence-electron chi connectivity index (χ2n) is 3.77. The van der Waals surface area contributed by atoms with Crippen LogP contribution in [0.1, 0.15) is 20.8 Å². The van der Waals surface area contributed by atoms with Gasteiger partial charge < -0.3 is 15.0 Å². The van der Waals surface area contributed by atoms with Gasteiger partial charge in [-0.25, -0.2) is 4.79 Å². The van der Waals surface area contributed by atoms with Crippen LogP contribution in [0.4, 0.5) is 5.69 Å². The first-order chi connectivity index (χ1) is 8.61. The van der Waals surface area contributed by atoms with Crippen molar-refractivity contribution in [3.05, 3.63) is 53.9 Å². The number of anilines is 1. The number of hydrogen-bond acceptors (Lipinski definition) is 2. The number of carbonyl (C=O) groups is 2. The molecule has 0 saturated carbocycles. The Labute approximate surface area is 104 Å². The lowest BCUT2D eigenvalue weighted by atomic mass is 10.1. The van der Waals surface area contributed by atoms with E-state index in [-0.39, 0.29) is 11.5 Å². The third-order valence-corrected chi connectivity index (χ3v) is 2.63. The van der Waals surface area contributed by atoms with E-state index in [0.29, 0.717) is 11.4 Å². The molecule has 5 nitrogen and oxygen atoms in total. The average molecular weight is 244 g/mol. The zero-order chi connectivity index (χ0) is 13.1. The molecule has 0 bridgehead atoms. The minimum absolute atomic E-state index is 0.0971. The van der Waals surface area contributed by atoms with Crippen molar-refractivity contribution >= 4 is 17.6 Å². The van der Waals surface area contributed by atoms with Gasteiger partial charge in [0.15, 0.2) is 0 Å². The molecule has 1 aromatic heterocycles. The lowest BCUT2D eigenvalue weighted by Crippen LogP contribution is -2.28. The summed E-state index contributed by atoms with van der Waals surface area (Å²) >= 11 is 0. The van der Waals surface area contributed by atoms with Gasteiger partial charge in [0.25, 0.3) is 5.91 Å². The number of aromatic carboxylic acids is 1. The summed E-state index contributed by atoms with van der Waals surface area (Å²) < 4.78 is 0. The minimum Gasteiger partial charge on any atom is -0.478 e. The number of H-pyrrole nitrogens is 1. The molecule has 0 aliphatic carbocycles. The normalized spacial score (nSPS) is 10.1. The molecular formula is C13H12N2O3. The standard InChI is InChI=1S/C13H12N2O3/c1-15(12(16)10-6-4-8-14-10)11-7-3-2-5-9(11)13(17)18/h2-8,14H,1H3,(H,17,18). The molecule has 92 valence electrons. The second-order valence-corrected chi connectivity index (χ2v) is 3.77. The predicted molar refractivity (Wildman–Crippen MR) is 66.9 cm³/mol. The fourth-order valence-electron chi connectivity index (χ4n) is 1.70. The number of aromatic amines is 1. The van der Waals surface area contributed by atoms with Crippen molar-refractivity contribution in [3.63, 3.8) is 0 Å². The van der Waals surface area contributed by atoms with Crippen LogP contribution in [0.5, 0.6) is 0 Å². The van der Waals surface area contributed by atoms with Crippen LogP contribution in [-0.2, 0) is 0 Å². The molecule has 0 spiro atoms. The third kappa shape index (κ3) is 2.10. The quantitative estimate of drug-likeness (QED) is 0.867. The Morgan fingerprint density at radius 3 is 2.50 bits per heavy atom. The van der Waals surface area contributed by atoms with Gasteiger partial charge in [-0.05, 0) is 24.3 Å². The molecular weight excluding hydrogens is 232 g/mol. The SMILES string of the molecule is CN(C(=O)c1ccc[nH]1)c1ccccc1C(=O)O. The van der Waals surface area contributed by atoms with Gasteiger partial charge in [-0.3, -0.25) is 4.79 Å². The van der Waals surface area contributed by atoms with Crippen LogP contribution in [0.15, 0.2) is 42.6 Å². The van der Waals surface area contributed by atoms with E-state index in [1.807, 2.05) is 0 Å². The van der Waals surface area contributed by atoms with Crippen molar-refractivity contribution < 1.29 is 14.7 Å². The molecule has 0 aliphatic heterocycles. The van der Waals surface area contributed by atoms with Crippen LogP contribution in [0.3, 0.4) is 0 Å². The largest absolute Gasteiger partial charge is 0.478 e. The summed E-state index contributed by atoms with van der Waals surface area (Å²) in [4.78, 5) is 27.3. The first-order valence-corrected chi connectivity index (χ1v) is 5.35. The minimum atomic E-state index is -1.06. The second kappa shape index (κ2) is 4.75. The van der Waals surface area contributed by atoms with Crippen LogP contribution >= 0.6 is 0 Å². The molecule has 0 atom stereocenters. The Balaban J connectivity index is 2.37. The molecule has 1 amide bonds. The highest BCUT2D eigenvalue weighted by molar-refractivity contribution is 6.08. The van der Waals surface area contributed by atoms with Gasteiger partial charge in [0.1, 0.15) is 5.69 Å². The van der Waals surface area contributed by atoms with Gasteiger partial charge in [-0.1, -0.05) is 12.1 Å². The summed E-state index contributed by atoms with van der Waals surface area (Å²) in [6.45, 7) is 0. The van der Waals surface area contributed by atoms with E-state index < -0.39 is 5.97 Å². The predicted octanol–water partition coefficient (Wildman–Crippen LogP) is 1.99. The van der Waals surface area contributed by atoms with Gasteiger partial charge >= 0.3 is 5.97 Å². The van der Waals surface area contributed by atoms with Crippen LogP contribution in [0, 0.1) is 0 Å². The van der Waals surface area contributed by atoms with E-state index >= 15 is 0 Å². The lowest BCUT2D eigenvalue weighted by molar-refractivity contribution is 0.0697. The zero-order valence-corrected chi connectivity index (χ0v) is 9.75. The summed E-state index contributed by atoms with van der Waals surface area (Å²) in [5.74, 6) is -1.34. The number of carboxylic acid groups (broad SMARTS) is 1. The highest BCUT2D eigenvalue weighted by Crippen LogP contribution is 2.20. The number of para-hydroxylation sites is 1. The van der Waals surface area contributed by atoms with E-state index in [1.165, 1.54) is 11.0 Å². The van der Waals surface area contributed by atoms with Crippen molar-refractivity contribution in [2.24, 2.45) is 0 Å². The Bertz CT molecular complexity index is 576. The fraction of sp³-hybridized carbons (Fsp3) is 0.0769. The van der Waals surface area contributed by atoms with Gasteiger partial charge in [-0.2, -0.15) is 0 Å². The molecule has 0 radical (unpaired) electrons. The van der Waals surface area contributed by atoms with Crippen molar-refractivity contribution in [1.82, 2.24) is 4.98 Å². The molecule has 0 fully saturated rings. The number of rotatable bonds is 3. The molecule has 5 heteroatoms. The van der Waals surface area contributed by atoms with Crippen molar-refractivity contribution in [1.29, 1.82) is 0 Å². The van der Waals surface area contributed by atoms with Crippen LogP contribution in [0.2, 0.25) is 0 Å². The number of amides is 1. The van der Waals surface area contributed by atoms with Crippen LogP contribution in [-0.4, -0.2) is 29.0 Å². The Hall–Kier alpha value is -2.56. The third-order valence-electron chi connectivity index (χ3n) is 2.63. The van der Waals surface area contributed by atoms with E-state index in [9.17, 15) is 9.59 Å². The first-order valence-electron chi connectivity index (χ1n) is 5.35. The maximum Gasteiger partial charge on any atom is 0.337 e. The molecule has 0 saturated heterocycles. The zero-order valence-electron chi connectivity index (χ0n) is 9.75. The number of carbonyl (C=O) groups excluding carboxylic acids is 1. The van der Waals surface area contributed by atoms with Gasteiger partial charge in [0, 0.05) is 13.2 Å². The van der Waals surface area contributed by atoms with E-state index in [0.717, 1.165) is 0 Å². The van der Waals surface area contributed by atoms with Crippen molar-refractivity contribution in [2.75, 3.05) is 11.9 Å². The number of hydrogen-bond donors (Lipinski definition) is 2. The number of nitrogens with one attached hydrogen (secondary N) is 1. The summed E-state index contributed by atoms with van der Waals surface area (Å²) in [6, 6.07) is 9.74. The Morgan fingerprint density at radius 2 is 1.89 bits per heavy atom. The highest BCUT2D eigenvalue weighted by atomic mass is 16.4. The van der Waals surface area contributed by atoms with Gasteiger partial charge in [-0.15, -0.1) is 0 Å². The topological polar surface area (TPSA) is 73.4 Å². The summed E-state index contributed by atoms with van der Waals surface area (Å²) in [7, 11) is 1.55. The monoisotopic (exact) mass is 244 g/mol. The van der Waals surface area contributed by atoms with Crippen molar-refractivity contribution in [2.45, 2.75) is 0 Å². The Kier molecular flexibility index (Phi) is 3.14. The number of carboxylic acids is 1. The van der Waals surface area contributed by atoms with Crippen LogP contribution < -0.4 is 4.90 Å². The number of nitrogens with zero attached hydrogens (tertiary/aromatic N) is 1. The molecule has 0 aliphatic rings. The molecule has 18 heavy (non-hydrogen) atoms. The van der Waals surface area contributed by atoms with Crippen LogP contribution in [0.25, 0.3) is 0 Å². The molecule has 2 N–H and O–H groups in total. The summed E-state index contributed by atoms with van der Waals surface area (Å²) in [6.07, 6.45) is 1.64. The van der Waals surface area contributed by atoms with Gasteiger partial charge in [0.05, 0.1) is 11.3 Å². The maximum absolute atomic E-state index is 12.1. The highest BCUT2D eigenvalue weighted by Gasteiger charge is 2.19. The molecule has 2 rings (SSSR count). The first kappa shape index (κ1) is 11.9.